The highest BCUT2D eigenvalue weighted by Crippen LogP contribution is 2.54. The minimum atomic E-state index is -6.00. The summed E-state index contributed by atoms with van der Waals surface area (Å²) in [5.41, 5.74) is 0. The first-order chi connectivity index (χ1) is 19.7. The highest BCUT2D eigenvalue weighted by Gasteiger charge is 2.44. The van der Waals surface area contributed by atoms with Crippen LogP contribution in [0.3, 0.4) is 0 Å². The van der Waals surface area contributed by atoms with Crippen molar-refractivity contribution in [3.8, 4) is 0 Å². The minimum Gasteiger partial charge on any atom is -0.418 e. The second-order valence-electron chi connectivity index (χ2n) is 8.32. The number of hydrogen-bond acceptors (Lipinski definition) is 1. The number of hydrogen-bond donors (Lipinski definition) is 0. The lowest BCUT2D eigenvalue weighted by Gasteiger charge is -2.28. The van der Waals surface area contributed by atoms with Gasteiger partial charge in [0.15, 0.2) is 0 Å². The van der Waals surface area contributed by atoms with Crippen molar-refractivity contribution in [3.63, 3.8) is 0 Å². The predicted octanol–water partition coefficient (Wildman–Crippen LogP) is 8.74. The second-order valence-corrected chi connectivity index (χ2v) is 11.9. The number of benzene rings is 3. The molecule has 0 N–H and O–H groups in total. The summed E-state index contributed by atoms with van der Waals surface area (Å²) in [6, 6.07) is 33.2. The van der Waals surface area contributed by atoms with E-state index >= 15 is 0 Å². The van der Waals surface area contributed by atoms with Gasteiger partial charge in [0.1, 0.15) is 23.2 Å². The molecule has 0 aliphatic heterocycles. The van der Waals surface area contributed by atoms with E-state index in [-0.39, 0.29) is 0 Å². The normalized spacial score (nSPS) is 11.8. The lowest BCUT2D eigenvalue weighted by atomic mass is 10.3. The third-order valence-corrected chi connectivity index (χ3v) is 8.88. The fraction of sp³-hybridized carbons (Fsp3) is 0.182. The molecule has 250 valence electrons. The summed E-state index contributed by atoms with van der Waals surface area (Å²) in [5, 5.41) is 4.39. The zero-order valence-corrected chi connectivity index (χ0v) is 23.7. The van der Waals surface area contributed by atoms with Crippen molar-refractivity contribution in [3.05, 3.63) is 91.0 Å². The van der Waals surface area contributed by atoms with E-state index in [9.17, 15) is 69.1 Å². The van der Waals surface area contributed by atoms with Crippen LogP contribution in [0.2, 0.25) is 0 Å². The maximum atomic E-state index is 9.75. The number of nitrogens with zero attached hydrogens (tertiary/aromatic N) is 1. The molecule has 0 spiro atoms. The van der Waals surface area contributed by atoms with Crippen LogP contribution in [-0.4, -0.2) is 60.7 Å². The summed E-state index contributed by atoms with van der Waals surface area (Å²) in [4.78, 5) is 2.30. The van der Waals surface area contributed by atoms with Crippen LogP contribution in [0.15, 0.2) is 91.0 Å². The molecule has 0 saturated heterocycles. The molecule has 0 aliphatic rings. The molecule has 0 bridgehead atoms. The van der Waals surface area contributed by atoms with Gasteiger partial charge in [-0.3, -0.25) is 0 Å². The highest BCUT2D eigenvalue weighted by molar-refractivity contribution is 7.95. The summed E-state index contributed by atoms with van der Waals surface area (Å²) in [5.74, 6) is 0. The molecule has 0 aromatic heterocycles. The van der Waals surface area contributed by atoms with Crippen molar-refractivity contribution < 1.29 is 69.1 Å². The van der Waals surface area contributed by atoms with Crippen LogP contribution in [0.1, 0.15) is 0 Å². The zero-order chi connectivity index (χ0) is 34.8. The molecule has 1 nitrogen and oxygen atoms in total. The van der Waals surface area contributed by atoms with Crippen LogP contribution in [0.25, 0.3) is 0 Å². The fourth-order valence-electron chi connectivity index (χ4n) is 3.23. The molecule has 0 unspecified atom stereocenters. The Kier molecular flexibility index (Phi) is 19.2. The maximum Gasteiger partial charge on any atom is 0.673 e. The van der Waals surface area contributed by atoms with E-state index < -0.39 is 36.3 Å². The van der Waals surface area contributed by atoms with Crippen LogP contribution >= 0.6 is 7.26 Å². The Bertz CT molecular complexity index is 962. The Morgan fingerprint density at radius 2 is 0.591 bits per heavy atom. The molecule has 3 aromatic carbocycles. The van der Waals surface area contributed by atoms with E-state index in [1.54, 1.807) is 0 Å². The van der Waals surface area contributed by atoms with Gasteiger partial charge in [-0.25, -0.2) is 0 Å². The number of halogens is 16. The van der Waals surface area contributed by atoms with Gasteiger partial charge in [-0.15, -0.1) is 0 Å². The molecule has 0 aliphatic carbocycles. The van der Waals surface area contributed by atoms with Gasteiger partial charge in [0.2, 0.25) is 0 Å². The average Bonchev–Trinajstić information content (AvgIpc) is 2.82. The van der Waals surface area contributed by atoms with E-state index in [0.717, 1.165) is 12.7 Å². The highest BCUT2D eigenvalue weighted by atomic mass is 31.2. The topological polar surface area (TPSA) is 3.24 Å². The Balaban J connectivity index is 0. The van der Waals surface area contributed by atoms with E-state index in [0.29, 0.717) is 0 Å². The monoisotopic (exact) mass is 682 g/mol. The summed E-state index contributed by atoms with van der Waals surface area (Å²) in [7, 11) is -21.3. The van der Waals surface area contributed by atoms with Gasteiger partial charge in [-0.2, -0.15) is 0 Å². The van der Waals surface area contributed by atoms with Crippen molar-refractivity contribution in [1.29, 1.82) is 0 Å². The van der Waals surface area contributed by atoms with E-state index in [2.05, 4.69) is 110 Å². The first-order valence-corrected chi connectivity index (χ1v) is 13.9. The van der Waals surface area contributed by atoms with Gasteiger partial charge in [0.05, 0.1) is 6.16 Å². The average molecular weight is 682 g/mol. The Hall–Kier alpha value is -2.81. The first kappa shape index (κ1) is 43.3. The third kappa shape index (κ3) is 28.0. The van der Waals surface area contributed by atoms with Crippen molar-refractivity contribution in [1.82, 2.24) is 4.90 Å². The molecule has 44 heavy (non-hydrogen) atoms. The van der Waals surface area contributed by atoms with Gasteiger partial charge in [0, 0.05) is 6.54 Å². The SMILES string of the molecule is CN(C)CC[P+](c1ccccc1)(c1ccccc1)c1ccccc1.F[B-](F)(F)F.F[B-](F)(F)F.F[B-](F)(F)F.F[B-](F)(F)F. The van der Waals surface area contributed by atoms with Crippen molar-refractivity contribution in [2.75, 3.05) is 26.8 Å². The molecular weight excluding hydrogens is 656 g/mol. The van der Waals surface area contributed by atoms with Gasteiger partial charge in [0.25, 0.3) is 0 Å². The van der Waals surface area contributed by atoms with Gasteiger partial charge in [-0.05, 0) is 50.5 Å². The molecule has 0 atom stereocenters. The van der Waals surface area contributed by atoms with Crippen LogP contribution in [0, 0.1) is 0 Å². The third-order valence-electron chi connectivity index (χ3n) is 4.47. The smallest absolute Gasteiger partial charge is 0.418 e. The van der Waals surface area contributed by atoms with Crippen molar-refractivity contribution in [2.45, 2.75) is 0 Å². The predicted molar refractivity (Wildman–Crippen MR) is 149 cm³/mol. The van der Waals surface area contributed by atoms with Gasteiger partial charge >= 0.3 is 29.0 Å². The molecule has 0 saturated carbocycles. The van der Waals surface area contributed by atoms with Crippen molar-refractivity contribution in [2.24, 2.45) is 0 Å². The second kappa shape index (κ2) is 19.5. The minimum absolute atomic E-state index is 1.08. The van der Waals surface area contributed by atoms with Gasteiger partial charge < -0.3 is 74.0 Å². The van der Waals surface area contributed by atoms with E-state index in [1.165, 1.54) is 15.9 Å². The van der Waals surface area contributed by atoms with E-state index in [1.807, 2.05) is 0 Å². The molecular formula is C22H25B4F16NP-3. The Morgan fingerprint density at radius 3 is 0.750 bits per heavy atom. The van der Waals surface area contributed by atoms with Crippen LogP contribution in [-0.2, 0) is 0 Å². The van der Waals surface area contributed by atoms with Crippen LogP contribution in [0.5, 0.6) is 0 Å². The Labute approximate surface area is 244 Å². The summed E-state index contributed by atoms with van der Waals surface area (Å²) in [6.07, 6.45) is 1.15. The zero-order valence-electron chi connectivity index (χ0n) is 22.8. The van der Waals surface area contributed by atoms with Crippen LogP contribution < -0.4 is 15.9 Å². The summed E-state index contributed by atoms with van der Waals surface area (Å²) < 4.78 is 156. The molecule has 3 rings (SSSR count). The van der Waals surface area contributed by atoms with Crippen molar-refractivity contribution >= 4 is 52.2 Å². The molecule has 0 fully saturated rings. The Morgan fingerprint density at radius 1 is 0.409 bits per heavy atom. The van der Waals surface area contributed by atoms with Crippen LogP contribution in [0.4, 0.5) is 69.1 Å². The van der Waals surface area contributed by atoms with Gasteiger partial charge in [-0.1, -0.05) is 54.6 Å². The molecule has 22 heteroatoms. The maximum absolute atomic E-state index is 9.75. The molecule has 0 amide bonds. The summed E-state index contributed by atoms with van der Waals surface area (Å²) >= 11 is 0. The molecule has 0 radical (unpaired) electrons. The largest absolute Gasteiger partial charge is 0.673 e. The molecule has 3 aromatic rings. The lowest BCUT2D eigenvalue weighted by Crippen LogP contribution is -2.36. The van der Waals surface area contributed by atoms with E-state index in [4.69, 9.17) is 0 Å². The summed E-state index contributed by atoms with van der Waals surface area (Å²) in [6.45, 7) is 1.08. The quantitative estimate of drug-likeness (QED) is 0.143. The molecule has 0 heterocycles. The fourth-order valence-corrected chi connectivity index (χ4v) is 7.64. The standard InChI is InChI=1S/C22H25NP.4BF4/c1-23(2)18-19-24(20-12-6-3-7-13-20,21-14-8-4-9-15-21)22-16-10-5-11-17-22;4*2-1(3,4)5/h3-17H,18-19H2,1-2H3;;;;/q+1;4*-1. The lowest BCUT2D eigenvalue weighted by molar-refractivity contribution is 0.366. The number of rotatable bonds is 6. The first-order valence-electron chi connectivity index (χ1n) is 11.9.